The summed E-state index contributed by atoms with van der Waals surface area (Å²) in [6, 6.07) is 16.6. The number of hydrogen-bond acceptors (Lipinski definition) is 5. The van der Waals surface area contributed by atoms with Crippen molar-refractivity contribution in [2.24, 2.45) is 0 Å². The molecule has 7 nitrogen and oxygen atoms in total. The summed E-state index contributed by atoms with van der Waals surface area (Å²) >= 11 is 1.62. The Bertz CT molecular complexity index is 1350. The van der Waals surface area contributed by atoms with E-state index in [1.54, 1.807) is 21.6 Å². The van der Waals surface area contributed by atoms with E-state index in [1.807, 2.05) is 29.8 Å². The number of ether oxygens (including phenoxy) is 1. The first kappa shape index (κ1) is 26.5. The van der Waals surface area contributed by atoms with E-state index in [0.29, 0.717) is 32.1 Å². The maximum absolute atomic E-state index is 13.8. The molecule has 1 saturated heterocycles. The minimum atomic E-state index is -0.283. The Morgan fingerprint density at radius 1 is 1.05 bits per heavy atom. The number of fused-ring (bicyclic) bond motifs is 1. The van der Waals surface area contributed by atoms with Gasteiger partial charge >= 0.3 is 0 Å². The number of benzene rings is 2. The van der Waals surface area contributed by atoms with Gasteiger partial charge in [-0.15, -0.1) is 11.8 Å². The van der Waals surface area contributed by atoms with Gasteiger partial charge in [-0.2, -0.15) is 5.10 Å². The topological polar surface area (TPSA) is 67.7 Å². The average Bonchev–Trinajstić information content (AvgIpc) is 3.22. The fourth-order valence-electron chi connectivity index (χ4n) is 5.16. The minimum absolute atomic E-state index is 0.0198. The van der Waals surface area contributed by atoms with Crippen LogP contribution < -0.4 is 4.90 Å². The van der Waals surface area contributed by atoms with Gasteiger partial charge in [0, 0.05) is 24.1 Å². The molecule has 3 aromatic rings. The molecule has 0 spiro atoms. The second-order valence-corrected chi connectivity index (χ2v) is 12.3. The maximum Gasteiger partial charge on any atom is 0.242 e. The lowest BCUT2D eigenvalue weighted by Crippen LogP contribution is -2.48. The van der Waals surface area contributed by atoms with E-state index in [4.69, 9.17) is 9.84 Å². The molecular formula is C30H36N4O3S. The number of aryl methyl sites for hydroxylation is 2. The summed E-state index contributed by atoms with van der Waals surface area (Å²) in [5, 5.41) is 5.09. The first-order valence-corrected chi connectivity index (χ1v) is 14.2. The van der Waals surface area contributed by atoms with Crippen molar-refractivity contribution in [2.45, 2.75) is 45.3 Å². The van der Waals surface area contributed by atoms with Gasteiger partial charge in [0.2, 0.25) is 11.8 Å². The van der Waals surface area contributed by atoms with Crippen molar-refractivity contribution in [1.29, 1.82) is 0 Å². The second kappa shape index (κ2) is 10.6. The fraction of sp³-hybridized carbons (Fsp3) is 0.433. The Morgan fingerprint density at radius 2 is 1.74 bits per heavy atom. The SMILES string of the molecule is Cc1cccc(C2SCC(=O)N(CC(=O)N3CCOCC3)c3c2c(C(C)(C)C)nn3-c2cccc(C)c2)c1. The van der Waals surface area contributed by atoms with E-state index in [0.717, 1.165) is 28.1 Å². The van der Waals surface area contributed by atoms with E-state index < -0.39 is 0 Å². The lowest BCUT2D eigenvalue weighted by Gasteiger charge is -2.30. The highest BCUT2D eigenvalue weighted by molar-refractivity contribution is 8.00. The number of rotatable bonds is 4. The van der Waals surface area contributed by atoms with Gasteiger partial charge < -0.3 is 9.64 Å². The van der Waals surface area contributed by atoms with E-state index in [2.05, 4.69) is 58.0 Å². The van der Waals surface area contributed by atoms with Gasteiger partial charge in [0.1, 0.15) is 12.4 Å². The van der Waals surface area contributed by atoms with Crippen molar-refractivity contribution in [3.8, 4) is 5.69 Å². The molecule has 3 heterocycles. The first-order valence-electron chi connectivity index (χ1n) is 13.2. The first-order chi connectivity index (χ1) is 18.1. The normalized spacial score (nSPS) is 18.3. The third-order valence-corrected chi connectivity index (χ3v) is 8.30. The number of amides is 2. The standard InChI is InChI=1S/C30H36N4O3S/c1-20-8-6-10-22(16-20)27-26-28(30(3,4)5)31-34(23-11-7-9-21(2)17-23)29(26)33(25(36)19-38-27)18-24(35)32-12-14-37-15-13-32/h6-11,16-17,27H,12-15,18-19H2,1-5H3. The largest absolute Gasteiger partial charge is 0.378 e. The van der Waals surface area contributed by atoms with E-state index >= 15 is 0 Å². The summed E-state index contributed by atoms with van der Waals surface area (Å²) in [5.41, 5.74) is 5.95. The molecule has 2 aliphatic heterocycles. The molecule has 8 heteroatoms. The Hall–Kier alpha value is -3.10. The van der Waals surface area contributed by atoms with Crippen LogP contribution >= 0.6 is 11.8 Å². The number of thioether (sulfide) groups is 1. The molecule has 1 atom stereocenters. The highest BCUT2D eigenvalue weighted by atomic mass is 32.2. The summed E-state index contributed by atoms with van der Waals surface area (Å²) in [7, 11) is 0. The second-order valence-electron chi connectivity index (χ2n) is 11.2. The van der Waals surface area contributed by atoms with Gasteiger partial charge in [-0.05, 0) is 37.1 Å². The summed E-state index contributed by atoms with van der Waals surface area (Å²) < 4.78 is 7.34. The Balaban J connectivity index is 1.73. The number of aromatic nitrogens is 2. The third-order valence-electron chi connectivity index (χ3n) is 7.05. The molecule has 1 fully saturated rings. The molecule has 200 valence electrons. The van der Waals surface area contributed by atoms with Crippen LogP contribution in [-0.2, 0) is 19.7 Å². The van der Waals surface area contributed by atoms with Crippen molar-refractivity contribution in [3.63, 3.8) is 0 Å². The van der Waals surface area contributed by atoms with Crippen LogP contribution in [0.1, 0.15) is 54.0 Å². The third kappa shape index (κ3) is 5.24. The maximum atomic E-state index is 13.8. The summed E-state index contributed by atoms with van der Waals surface area (Å²) in [5.74, 6) is 0.827. The van der Waals surface area contributed by atoms with E-state index in [9.17, 15) is 9.59 Å². The van der Waals surface area contributed by atoms with Gasteiger partial charge in [0.05, 0.1) is 35.6 Å². The summed E-state index contributed by atoms with van der Waals surface area (Å²) in [4.78, 5) is 30.8. The van der Waals surface area contributed by atoms with Crippen LogP contribution in [0.3, 0.4) is 0 Å². The predicted octanol–water partition coefficient (Wildman–Crippen LogP) is 4.81. The number of carbonyl (C=O) groups is 2. The number of morpholine rings is 1. The lowest BCUT2D eigenvalue weighted by molar-refractivity contribution is -0.134. The van der Waals surface area contributed by atoms with Crippen LogP contribution in [-0.4, -0.2) is 65.1 Å². The van der Waals surface area contributed by atoms with Crippen molar-refractivity contribution in [1.82, 2.24) is 14.7 Å². The summed E-state index contributed by atoms with van der Waals surface area (Å²) in [6.45, 7) is 12.7. The van der Waals surface area contributed by atoms with Crippen LogP contribution in [0, 0.1) is 13.8 Å². The predicted molar refractivity (Wildman–Crippen MR) is 152 cm³/mol. The molecule has 0 N–H and O–H groups in total. The molecule has 2 aliphatic rings. The minimum Gasteiger partial charge on any atom is -0.378 e. The average molecular weight is 533 g/mol. The zero-order valence-electron chi connectivity index (χ0n) is 22.9. The van der Waals surface area contributed by atoms with E-state index in [1.165, 1.54) is 5.56 Å². The van der Waals surface area contributed by atoms with Crippen molar-refractivity contribution in [3.05, 3.63) is 76.5 Å². The Labute approximate surface area is 229 Å². The highest BCUT2D eigenvalue weighted by Crippen LogP contribution is 2.48. The molecule has 0 bridgehead atoms. The molecule has 0 saturated carbocycles. The molecular weight excluding hydrogens is 496 g/mol. The van der Waals surface area contributed by atoms with Crippen molar-refractivity contribution in [2.75, 3.05) is 43.5 Å². The van der Waals surface area contributed by atoms with Gasteiger partial charge in [0.15, 0.2) is 0 Å². The molecule has 1 unspecified atom stereocenters. The smallest absolute Gasteiger partial charge is 0.242 e. The molecule has 0 radical (unpaired) electrons. The molecule has 38 heavy (non-hydrogen) atoms. The molecule has 2 amide bonds. The van der Waals surface area contributed by atoms with Crippen LogP contribution in [0.2, 0.25) is 0 Å². The van der Waals surface area contributed by atoms with Gasteiger partial charge in [-0.1, -0.05) is 62.7 Å². The van der Waals surface area contributed by atoms with Crippen LogP contribution in [0.15, 0.2) is 48.5 Å². The molecule has 5 rings (SSSR count). The lowest BCUT2D eigenvalue weighted by atomic mass is 9.87. The quantitative estimate of drug-likeness (QED) is 0.482. The van der Waals surface area contributed by atoms with Crippen molar-refractivity contribution >= 4 is 29.4 Å². The zero-order chi connectivity index (χ0) is 27.0. The van der Waals surface area contributed by atoms with Crippen LogP contribution in [0.4, 0.5) is 5.82 Å². The fourth-order valence-corrected chi connectivity index (χ4v) is 6.35. The number of nitrogens with zero attached hydrogens (tertiary/aromatic N) is 4. The summed E-state index contributed by atoms with van der Waals surface area (Å²) in [6.07, 6.45) is 0. The van der Waals surface area contributed by atoms with Crippen molar-refractivity contribution < 1.29 is 14.3 Å². The highest BCUT2D eigenvalue weighted by Gasteiger charge is 2.40. The number of hydrogen-bond donors (Lipinski definition) is 0. The molecule has 1 aromatic heterocycles. The Kier molecular flexibility index (Phi) is 7.38. The van der Waals surface area contributed by atoms with Gasteiger partial charge in [-0.25, -0.2) is 4.68 Å². The monoisotopic (exact) mass is 532 g/mol. The molecule has 0 aliphatic carbocycles. The molecule has 2 aromatic carbocycles. The van der Waals surface area contributed by atoms with Gasteiger partial charge in [-0.3, -0.25) is 14.5 Å². The zero-order valence-corrected chi connectivity index (χ0v) is 23.7. The number of anilines is 1. The number of carbonyl (C=O) groups excluding carboxylic acids is 2. The van der Waals surface area contributed by atoms with Crippen LogP contribution in [0.5, 0.6) is 0 Å². The van der Waals surface area contributed by atoms with Gasteiger partial charge in [0.25, 0.3) is 0 Å². The van der Waals surface area contributed by atoms with Crippen LogP contribution in [0.25, 0.3) is 5.69 Å². The van der Waals surface area contributed by atoms with E-state index in [-0.39, 0.29) is 34.8 Å². The Morgan fingerprint density at radius 3 is 2.39 bits per heavy atom.